The number of rotatable bonds is 8. The van der Waals surface area contributed by atoms with Crippen molar-refractivity contribution >= 4 is 29.3 Å². The Kier molecular flexibility index (Phi) is 7.73. The standard InChI is InChI=1S/C26H26N4O4S/c1-16-7-8-28-13-19(16)4-5-21(31)11-25-23(12-27)22-6-3-18(10-24(22)35-25)15-33-26(32)29-14-20-9-17(2)34-30-20/h4-5,7-9,13,18H,3,6,10-11,14-15H2,1-2H3,(H,29,32)/b5-4+. The van der Waals surface area contributed by atoms with Gasteiger partial charge >= 0.3 is 6.09 Å². The third kappa shape index (κ3) is 6.22. The van der Waals surface area contributed by atoms with Crippen molar-refractivity contribution in [2.45, 2.75) is 46.1 Å². The molecule has 180 valence electrons. The number of pyridine rings is 1. The zero-order chi connectivity index (χ0) is 24.8. The van der Waals surface area contributed by atoms with E-state index in [1.165, 1.54) is 11.3 Å². The monoisotopic (exact) mass is 490 g/mol. The third-order valence-electron chi connectivity index (χ3n) is 5.96. The Hall–Kier alpha value is -3.77. The van der Waals surface area contributed by atoms with E-state index in [4.69, 9.17) is 9.26 Å². The molecular weight excluding hydrogens is 464 g/mol. The predicted octanol–water partition coefficient (Wildman–Crippen LogP) is 4.48. The summed E-state index contributed by atoms with van der Waals surface area (Å²) >= 11 is 1.52. The second-order valence-electron chi connectivity index (χ2n) is 8.61. The van der Waals surface area contributed by atoms with Gasteiger partial charge in [0, 0.05) is 34.6 Å². The summed E-state index contributed by atoms with van der Waals surface area (Å²) in [5.41, 5.74) is 4.24. The zero-order valence-corrected chi connectivity index (χ0v) is 20.5. The van der Waals surface area contributed by atoms with Crippen molar-refractivity contribution in [2.75, 3.05) is 6.61 Å². The van der Waals surface area contributed by atoms with Gasteiger partial charge in [-0.15, -0.1) is 11.3 Å². The number of carbonyl (C=O) groups excluding carboxylic acids is 2. The number of carbonyl (C=O) groups is 2. The van der Waals surface area contributed by atoms with Crippen LogP contribution < -0.4 is 5.32 Å². The van der Waals surface area contributed by atoms with Crippen LogP contribution in [0.4, 0.5) is 4.79 Å². The summed E-state index contributed by atoms with van der Waals surface area (Å²) in [4.78, 5) is 30.6. The molecule has 1 aliphatic carbocycles. The fraction of sp³-hybridized carbons (Fsp3) is 0.346. The van der Waals surface area contributed by atoms with E-state index in [9.17, 15) is 14.9 Å². The Morgan fingerprint density at radius 3 is 3.00 bits per heavy atom. The molecule has 0 spiro atoms. The smallest absolute Gasteiger partial charge is 0.407 e. The largest absolute Gasteiger partial charge is 0.449 e. The highest BCUT2D eigenvalue weighted by molar-refractivity contribution is 7.12. The maximum absolute atomic E-state index is 12.6. The molecule has 9 heteroatoms. The van der Waals surface area contributed by atoms with Gasteiger partial charge in [0.2, 0.25) is 0 Å². The van der Waals surface area contributed by atoms with E-state index in [2.05, 4.69) is 21.5 Å². The van der Waals surface area contributed by atoms with Gasteiger partial charge in [-0.1, -0.05) is 5.16 Å². The number of allylic oxidation sites excluding steroid dienone is 1. The minimum absolute atomic E-state index is 0.0535. The average molecular weight is 491 g/mol. The van der Waals surface area contributed by atoms with Crippen LogP contribution in [-0.2, 0) is 35.3 Å². The number of thiophene rings is 1. The maximum atomic E-state index is 12.6. The van der Waals surface area contributed by atoms with E-state index in [0.717, 1.165) is 45.7 Å². The number of ketones is 1. The van der Waals surface area contributed by atoms with Gasteiger partial charge in [-0.2, -0.15) is 5.26 Å². The molecule has 8 nitrogen and oxygen atoms in total. The van der Waals surface area contributed by atoms with E-state index in [1.54, 1.807) is 37.5 Å². The molecule has 0 saturated carbocycles. The number of alkyl carbamates (subject to hydrolysis) is 1. The lowest BCUT2D eigenvalue weighted by Gasteiger charge is -2.21. The van der Waals surface area contributed by atoms with E-state index in [0.29, 0.717) is 23.6 Å². The summed E-state index contributed by atoms with van der Waals surface area (Å²) in [6, 6.07) is 5.96. The topological polar surface area (TPSA) is 118 Å². The van der Waals surface area contributed by atoms with Gasteiger partial charge in [0.1, 0.15) is 17.5 Å². The van der Waals surface area contributed by atoms with Crippen LogP contribution in [0.3, 0.4) is 0 Å². The quantitative estimate of drug-likeness (QED) is 0.463. The van der Waals surface area contributed by atoms with Gasteiger partial charge in [-0.3, -0.25) is 9.78 Å². The zero-order valence-electron chi connectivity index (χ0n) is 19.7. The molecule has 0 radical (unpaired) electrons. The summed E-state index contributed by atoms with van der Waals surface area (Å²) in [5, 5.41) is 16.2. The van der Waals surface area contributed by atoms with Crippen molar-refractivity contribution in [3.8, 4) is 6.07 Å². The SMILES string of the molecule is Cc1cc(CNC(=O)OCC2CCc3c(sc(CC(=O)/C=C/c4cnccc4C)c3C#N)C2)no1. The number of hydrogen-bond acceptors (Lipinski definition) is 8. The Morgan fingerprint density at radius 2 is 2.26 bits per heavy atom. The first-order valence-corrected chi connectivity index (χ1v) is 12.2. The molecular formula is C26H26N4O4S. The minimum atomic E-state index is -0.498. The van der Waals surface area contributed by atoms with Crippen LogP contribution in [0.15, 0.2) is 35.1 Å². The van der Waals surface area contributed by atoms with E-state index < -0.39 is 6.09 Å². The number of amides is 1. The number of nitrogens with one attached hydrogen (secondary N) is 1. The first-order valence-electron chi connectivity index (χ1n) is 11.4. The van der Waals surface area contributed by atoms with Gasteiger partial charge in [0.25, 0.3) is 0 Å². The Labute approximate surface area is 207 Å². The number of nitrogens with zero attached hydrogens (tertiary/aromatic N) is 3. The van der Waals surface area contributed by atoms with E-state index in [-0.39, 0.29) is 24.7 Å². The van der Waals surface area contributed by atoms with Gasteiger partial charge in [0.05, 0.1) is 18.7 Å². The van der Waals surface area contributed by atoms with Crippen molar-refractivity contribution < 1.29 is 18.8 Å². The highest BCUT2D eigenvalue weighted by atomic mass is 32.1. The Morgan fingerprint density at radius 1 is 1.40 bits per heavy atom. The number of ether oxygens (including phenoxy) is 1. The fourth-order valence-electron chi connectivity index (χ4n) is 4.07. The molecule has 1 atom stereocenters. The van der Waals surface area contributed by atoms with Crippen molar-refractivity contribution in [3.63, 3.8) is 0 Å². The lowest BCUT2D eigenvalue weighted by Crippen LogP contribution is -2.27. The molecule has 0 aromatic carbocycles. The molecule has 4 rings (SSSR count). The number of nitriles is 1. The van der Waals surface area contributed by atoms with Crippen LogP contribution in [-0.4, -0.2) is 28.6 Å². The number of aromatic nitrogens is 2. The van der Waals surface area contributed by atoms with Crippen LogP contribution >= 0.6 is 11.3 Å². The molecule has 3 heterocycles. The van der Waals surface area contributed by atoms with Gasteiger partial charge in [-0.05, 0) is 73.9 Å². The van der Waals surface area contributed by atoms with Gasteiger partial charge < -0.3 is 14.6 Å². The molecule has 35 heavy (non-hydrogen) atoms. The summed E-state index contributed by atoms with van der Waals surface area (Å²) < 4.78 is 10.4. The Balaban J connectivity index is 1.32. The molecule has 3 aromatic heterocycles. The number of hydrogen-bond donors (Lipinski definition) is 1. The van der Waals surface area contributed by atoms with Crippen molar-refractivity contribution in [2.24, 2.45) is 5.92 Å². The van der Waals surface area contributed by atoms with Crippen LogP contribution in [0.2, 0.25) is 0 Å². The molecule has 1 amide bonds. The first-order chi connectivity index (χ1) is 16.9. The lowest BCUT2D eigenvalue weighted by molar-refractivity contribution is -0.113. The van der Waals surface area contributed by atoms with Gasteiger partial charge in [-0.25, -0.2) is 4.79 Å². The normalized spacial score (nSPS) is 14.9. The fourth-order valence-corrected chi connectivity index (χ4v) is 5.50. The number of fused-ring (bicyclic) bond motifs is 1. The molecule has 1 N–H and O–H groups in total. The first kappa shape index (κ1) is 24.4. The highest BCUT2D eigenvalue weighted by Crippen LogP contribution is 2.36. The molecule has 0 saturated heterocycles. The summed E-state index contributed by atoms with van der Waals surface area (Å²) in [7, 11) is 0. The lowest BCUT2D eigenvalue weighted by atomic mass is 9.87. The molecule has 3 aromatic rings. The summed E-state index contributed by atoms with van der Waals surface area (Å²) in [6.45, 7) is 4.29. The Bertz CT molecular complexity index is 1300. The predicted molar refractivity (Wildman–Crippen MR) is 131 cm³/mol. The molecule has 0 fully saturated rings. The van der Waals surface area contributed by atoms with E-state index in [1.807, 2.05) is 13.0 Å². The molecule has 1 aliphatic rings. The van der Waals surface area contributed by atoms with Crippen LogP contribution in [0.1, 0.15) is 49.9 Å². The molecule has 0 bridgehead atoms. The third-order valence-corrected chi connectivity index (χ3v) is 7.21. The maximum Gasteiger partial charge on any atom is 0.407 e. The van der Waals surface area contributed by atoms with Crippen LogP contribution in [0.5, 0.6) is 0 Å². The summed E-state index contributed by atoms with van der Waals surface area (Å²) in [5.74, 6) is 0.800. The molecule has 0 aliphatic heterocycles. The average Bonchev–Trinajstić information content (AvgIpc) is 3.42. The highest BCUT2D eigenvalue weighted by Gasteiger charge is 2.27. The minimum Gasteiger partial charge on any atom is -0.449 e. The second kappa shape index (κ2) is 11.1. The van der Waals surface area contributed by atoms with Crippen LogP contribution in [0, 0.1) is 31.1 Å². The van der Waals surface area contributed by atoms with Gasteiger partial charge in [0.15, 0.2) is 5.78 Å². The summed E-state index contributed by atoms with van der Waals surface area (Å²) in [6.07, 6.45) is 8.75. The number of aryl methyl sites for hydroxylation is 2. The van der Waals surface area contributed by atoms with Crippen molar-refractivity contribution in [1.82, 2.24) is 15.5 Å². The van der Waals surface area contributed by atoms with Crippen molar-refractivity contribution in [3.05, 3.63) is 74.1 Å². The van der Waals surface area contributed by atoms with Crippen LogP contribution in [0.25, 0.3) is 6.08 Å². The van der Waals surface area contributed by atoms with E-state index >= 15 is 0 Å². The molecule has 1 unspecified atom stereocenters. The second-order valence-corrected chi connectivity index (χ2v) is 9.80. The van der Waals surface area contributed by atoms with Crippen molar-refractivity contribution in [1.29, 1.82) is 5.26 Å².